The number of anilines is 1. The molecule has 0 amide bonds. The predicted octanol–water partition coefficient (Wildman–Crippen LogP) is 5.94. The van der Waals surface area contributed by atoms with Crippen molar-refractivity contribution in [2.24, 2.45) is 0 Å². The van der Waals surface area contributed by atoms with Gasteiger partial charge in [-0.15, -0.1) is 0 Å². The summed E-state index contributed by atoms with van der Waals surface area (Å²) in [6.45, 7) is 4.71. The van der Waals surface area contributed by atoms with Gasteiger partial charge in [0.15, 0.2) is 11.5 Å². The van der Waals surface area contributed by atoms with Crippen LogP contribution in [0, 0.1) is 0 Å². The molecule has 0 aromatic heterocycles. The van der Waals surface area contributed by atoms with Crippen molar-refractivity contribution in [3.05, 3.63) is 91.0 Å². The Kier molecular flexibility index (Phi) is 8.85. The molecule has 0 spiro atoms. The van der Waals surface area contributed by atoms with E-state index < -0.39 is 0 Å². The Bertz CT molecular complexity index is 1290. The van der Waals surface area contributed by atoms with Crippen LogP contribution < -0.4 is 29.2 Å². The van der Waals surface area contributed by atoms with Gasteiger partial charge in [0.2, 0.25) is 0 Å². The first-order valence-electron chi connectivity index (χ1n) is 13.4. The van der Waals surface area contributed by atoms with Gasteiger partial charge in [-0.1, -0.05) is 42.5 Å². The van der Waals surface area contributed by atoms with Gasteiger partial charge in [-0.3, -0.25) is 0 Å². The highest BCUT2D eigenvalue weighted by atomic mass is 16.5. The van der Waals surface area contributed by atoms with Crippen molar-refractivity contribution in [1.82, 2.24) is 5.32 Å². The minimum absolute atomic E-state index is 0.255. The molecule has 1 fully saturated rings. The normalized spacial score (nSPS) is 15.3. The molecule has 198 valence electrons. The molecule has 0 radical (unpaired) electrons. The molecule has 0 bridgehead atoms. The highest BCUT2D eigenvalue weighted by Crippen LogP contribution is 2.26. The van der Waals surface area contributed by atoms with Crippen molar-refractivity contribution in [2.45, 2.75) is 18.9 Å². The zero-order chi connectivity index (χ0) is 26.0. The molecular formula is C32H36N2O4. The predicted molar refractivity (Wildman–Crippen MR) is 153 cm³/mol. The zero-order valence-corrected chi connectivity index (χ0v) is 22.0. The summed E-state index contributed by atoms with van der Waals surface area (Å²) < 4.78 is 23.4. The second-order valence-electron chi connectivity index (χ2n) is 9.42. The lowest BCUT2D eigenvalue weighted by Gasteiger charge is -2.37. The van der Waals surface area contributed by atoms with Gasteiger partial charge in [-0.25, -0.2) is 0 Å². The summed E-state index contributed by atoms with van der Waals surface area (Å²) >= 11 is 0. The molecule has 4 aromatic rings. The van der Waals surface area contributed by atoms with Crippen LogP contribution in [-0.4, -0.2) is 52.6 Å². The van der Waals surface area contributed by atoms with Crippen LogP contribution in [0.4, 0.5) is 5.69 Å². The van der Waals surface area contributed by atoms with E-state index in [2.05, 4.69) is 76.9 Å². The summed E-state index contributed by atoms with van der Waals surface area (Å²) in [5.41, 5.74) is 1.19. The summed E-state index contributed by atoms with van der Waals surface area (Å²) in [7, 11) is 1.66. The Morgan fingerprint density at radius 3 is 2.26 bits per heavy atom. The van der Waals surface area contributed by atoms with Crippen molar-refractivity contribution in [1.29, 1.82) is 0 Å². The van der Waals surface area contributed by atoms with Crippen molar-refractivity contribution < 1.29 is 18.9 Å². The molecule has 38 heavy (non-hydrogen) atoms. The number of unbranched alkanes of at least 4 members (excludes halogenated alkanes) is 1. The minimum atomic E-state index is 0.255. The van der Waals surface area contributed by atoms with Gasteiger partial charge in [-0.05, 0) is 72.1 Å². The summed E-state index contributed by atoms with van der Waals surface area (Å²) in [6, 6.07) is 31.0. The first-order chi connectivity index (χ1) is 18.8. The van der Waals surface area contributed by atoms with Gasteiger partial charge < -0.3 is 29.2 Å². The van der Waals surface area contributed by atoms with Gasteiger partial charge in [0, 0.05) is 25.3 Å². The highest BCUT2D eigenvalue weighted by Gasteiger charge is 2.23. The van der Waals surface area contributed by atoms with E-state index >= 15 is 0 Å². The molecule has 6 heteroatoms. The maximum absolute atomic E-state index is 6.23. The van der Waals surface area contributed by atoms with Crippen LogP contribution in [0.2, 0.25) is 0 Å². The van der Waals surface area contributed by atoms with E-state index in [9.17, 15) is 0 Å². The molecule has 0 aliphatic carbocycles. The minimum Gasteiger partial charge on any atom is -0.494 e. The fourth-order valence-corrected chi connectivity index (χ4v) is 4.75. The molecule has 1 aliphatic heterocycles. The van der Waals surface area contributed by atoms with Gasteiger partial charge >= 0.3 is 0 Å². The fraction of sp³-hybridized carbons (Fsp3) is 0.312. The molecule has 1 aliphatic rings. The first kappa shape index (κ1) is 25.7. The maximum atomic E-state index is 6.23. The molecule has 0 unspecified atom stereocenters. The molecule has 0 saturated carbocycles. The summed E-state index contributed by atoms with van der Waals surface area (Å²) in [4.78, 5) is 2.43. The largest absolute Gasteiger partial charge is 0.494 e. The molecular weight excluding hydrogens is 476 g/mol. The van der Waals surface area contributed by atoms with Crippen LogP contribution in [0.15, 0.2) is 91.0 Å². The molecule has 1 heterocycles. The van der Waals surface area contributed by atoms with Crippen molar-refractivity contribution >= 4 is 16.5 Å². The molecule has 1 atom stereocenters. The summed E-state index contributed by atoms with van der Waals surface area (Å²) in [6.07, 6.45) is 1.83. The quantitative estimate of drug-likeness (QED) is 0.237. The van der Waals surface area contributed by atoms with Crippen LogP contribution in [0.1, 0.15) is 12.8 Å². The van der Waals surface area contributed by atoms with Crippen LogP contribution in [0.25, 0.3) is 10.8 Å². The van der Waals surface area contributed by atoms with Crippen molar-refractivity contribution in [2.75, 3.05) is 51.5 Å². The Hall–Kier alpha value is -3.90. The number of para-hydroxylation sites is 2. The summed E-state index contributed by atoms with van der Waals surface area (Å²) in [5.74, 6) is 3.33. The highest BCUT2D eigenvalue weighted by molar-refractivity contribution is 5.83. The lowest BCUT2D eigenvalue weighted by molar-refractivity contribution is 0.258. The molecule has 1 N–H and O–H groups in total. The van der Waals surface area contributed by atoms with Crippen LogP contribution in [-0.2, 0) is 0 Å². The maximum Gasteiger partial charge on any atom is 0.161 e. The zero-order valence-electron chi connectivity index (χ0n) is 22.0. The SMILES string of the molecule is COc1ccccc1OCCCCOc1ccc(N2CCNC[C@@H]2COc2ccc3ccccc3c2)cc1. The van der Waals surface area contributed by atoms with E-state index in [4.69, 9.17) is 18.9 Å². The number of rotatable bonds is 12. The van der Waals surface area contributed by atoms with E-state index in [0.717, 1.165) is 55.5 Å². The Balaban J connectivity index is 1.08. The first-order valence-corrected chi connectivity index (χ1v) is 13.4. The average Bonchev–Trinajstić information content (AvgIpc) is 2.98. The van der Waals surface area contributed by atoms with Crippen LogP contribution in [0.5, 0.6) is 23.0 Å². The Morgan fingerprint density at radius 1 is 0.737 bits per heavy atom. The molecule has 1 saturated heterocycles. The third-order valence-corrected chi connectivity index (χ3v) is 6.82. The van der Waals surface area contributed by atoms with E-state index in [1.165, 1.54) is 16.5 Å². The third-order valence-electron chi connectivity index (χ3n) is 6.82. The summed E-state index contributed by atoms with van der Waals surface area (Å²) in [5, 5.41) is 5.93. The number of nitrogens with zero attached hydrogens (tertiary/aromatic N) is 1. The van der Waals surface area contributed by atoms with Gasteiger partial charge in [0.25, 0.3) is 0 Å². The number of methoxy groups -OCH3 is 1. The average molecular weight is 513 g/mol. The number of nitrogens with one attached hydrogen (secondary N) is 1. The van der Waals surface area contributed by atoms with Gasteiger partial charge in [0.1, 0.15) is 18.1 Å². The fourth-order valence-electron chi connectivity index (χ4n) is 4.75. The number of hydrogen-bond donors (Lipinski definition) is 1. The number of piperazine rings is 1. The standard InChI is InChI=1S/C32H36N2O4/c1-35-31-10-4-5-11-32(31)37-21-7-6-20-36-29-16-13-27(14-17-29)34-19-18-33-23-28(34)24-38-30-15-12-25-8-2-3-9-26(25)22-30/h2-5,8-17,22,28,33H,6-7,18-21,23-24H2,1H3/t28-/m1/s1. The topological polar surface area (TPSA) is 52.2 Å². The van der Waals surface area contributed by atoms with E-state index in [0.29, 0.717) is 19.8 Å². The number of ether oxygens (including phenoxy) is 4. The van der Waals surface area contributed by atoms with Crippen molar-refractivity contribution in [3.8, 4) is 23.0 Å². The lowest BCUT2D eigenvalue weighted by atomic mass is 10.1. The van der Waals surface area contributed by atoms with Crippen LogP contribution in [0.3, 0.4) is 0 Å². The Morgan fingerprint density at radius 2 is 1.45 bits per heavy atom. The van der Waals surface area contributed by atoms with E-state index in [-0.39, 0.29) is 6.04 Å². The van der Waals surface area contributed by atoms with Crippen molar-refractivity contribution in [3.63, 3.8) is 0 Å². The van der Waals surface area contributed by atoms with E-state index in [1.807, 2.05) is 24.3 Å². The second-order valence-corrected chi connectivity index (χ2v) is 9.42. The smallest absolute Gasteiger partial charge is 0.161 e. The monoisotopic (exact) mass is 512 g/mol. The molecule has 5 rings (SSSR count). The third kappa shape index (κ3) is 6.69. The molecule has 6 nitrogen and oxygen atoms in total. The second kappa shape index (κ2) is 13.1. The number of fused-ring (bicyclic) bond motifs is 1. The number of benzene rings is 4. The molecule has 4 aromatic carbocycles. The lowest BCUT2D eigenvalue weighted by Crippen LogP contribution is -2.54. The van der Waals surface area contributed by atoms with Gasteiger partial charge in [-0.2, -0.15) is 0 Å². The van der Waals surface area contributed by atoms with Crippen LogP contribution >= 0.6 is 0 Å². The van der Waals surface area contributed by atoms with E-state index in [1.54, 1.807) is 7.11 Å². The number of hydrogen-bond acceptors (Lipinski definition) is 6. The van der Waals surface area contributed by atoms with Gasteiger partial charge in [0.05, 0.1) is 26.4 Å². The Labute approximate surface area is 225 Å².